The van der Waals surface area contributed by atoms with Crippen molar-refractivity contribution < 1.29 is 44.1 Å². The highest BCUT2D eigenvalue weighted by Gasteiger charge is 2.30. The third-order valence-electron chi connectivity index (χ3n) is 6.52. The van der Waals surface area contributed by atoms with Gasteiger partial charge in [-0.25, -0.2) is 18.4 Å². The molecule has 49 heavy (non-hydrogen) atoms. The first-order valence-electron chi connectivity index (χ1n) is 14.1. The van der Waals surface area contributed by atoms with Crippen molar-refractivity contribution in [2.45, 2.75) is 24.5 Å². The Balaban J connectivity index is 0.000000418. The highest BCUT2D eigenvalue weighted by atomic mass is 35.5. The normalized spacial score (nSPS) is 11.8. The average molecular weight is 740 g/mol. The predicted octanol–water partition coefficient (Wildman–Crippen LogP) is 6.04. The van der Waals surface area contributed by atoms with Crippen molar-refractivity contribution in [2.75, 3.05) is 23.9 Å². The molecule has 260 valence electrons. The topological polar surface area (TPSA) is 170 Å². The molecule has 0 fully saturated rings. The molecular formula is C31H29ClF3N5O7S2. The molecule has 0 aliphatic rings. The molecule has 2 heterocycles. The van der Waals surface area contributed by atoms with Crippen LogP contribution in [-0.2, 0) is 37.5 Å². The Morgan fingerprint density at radius 1 is 1.00 bits per heavy atom. The van der Waals surface area contributed by atoms with E-state index in [4.69, 9.17) is 20.9 Å². The van der Waals surface area contributed by atoms with Gasteiger partial charge in [-0.1, -0.05) is 35.4 Å². The third kappa shape index (κ3) is 10.9. The number of nitrogens with zero attached hydrogens (tertiary/aromatic N) is 3. The number of nitrogens with one attached hydrogen (secondary N) is 2. The SMILES string of the molecule is CS(=O)(=O)CC(=O)NCCn1ccc2ncnc(Nc3ccc(Oc4cccc(C(F)(F)F)c4)c(Cl)c3)c21.Cc1ccc(S(=O)(=O)O)cc1. The molecule has 0 saturated heterocycles. The largest absolute Gasteiger partial charge is 0.456 e. The minimum Gasteiger partial charge on any atom is -0.456 e. The van der Waals surface area contributed by atoms with Crippen molar-refractivity contribution in [3.63, 3.8) is 0 Å². The first-order chi connectivity index (χ1) is 22.9. The van der Waals surface area contributed by atoms with Gasteiger partial charge in [-0.3, -0.25) is 9.35 Å². The van der Waals surface area contributed by atoms with Crippen LogP contribution in [0.25, 0.3) is 11.0 Å². The molecule has 0 radical (unpaired) electrons. The van der Waals surface area contributed by atoms with Crippen molar-refractivity contribution in [2.24, 2.45) is 0 Å². The van der Waals surface area contributed by atoms with E-state index in [1.165, 1.54) is 42.7 Å². The summed E-state index contributed by atoms with van der Waals surface area (Å²) >= 11 is 6.34. The van der Waals surface area contributed by atoms with Gasteiger partial charge in [0.2, 0.25) is 5.91 Å². The minimum absolute atomic E-state index is 0.0126. The second kappa shape index (κ2) is 15.2. The monoisotopic (exact) mass is 739 g/mol. The van der Waals surface area contributed by atoms with Crippen molar-refractivity contribution in [1.29, 1.82) is 0 Å². The van der Waals surface area contributed by atoms with Crippen LogP contribution in [0.4, 0.5) is 24.7 Å². The van der Waals surface area contributed by atoms with E-state index < -0.39 is 43.4 Å². The summed E-state index contributed by atoms with van der Waals surface area (Å²) in [6, 6.07) is 16.9. The maximum Gasteiger partial charge on any atom is 0.416 e. The van der Waals surface area contributed by atoms with E-state index in [0.29, 0.717) is 29.1 Å². The quantitative estimate of drug-likeness (QED) is 0.144. The van der Waals surface area contributed by atoms with Gasteiger partial charge >= 0.3 is 6.18 Å². The van der Waals surface area contributed by atoms with E-state index >= 15 is 0 Å². The molecule has 0 bridgehead atoms. The van der Waals surface area contributed by atoms with Crippen LogP contribution in [0.5, 0.6) is 11.5 Å². The molecule has 12 nitrogen and oxygen atoms in total. The number of benzene rings is 3. The number of carbonyl (C=O) groups is 1. The second-order valence-corrected chi connectivity index (χ2v) is 14.5. The first-order valence-corrected chi connectivity index (χ1v) is 18.0. The Bertz CT molecular complexity index is 2180. The first kappa shape index (κ1) is 37.1. The fourth-order valence-electron chi connectivity index (χ4n) is 4.29. The number of fused-ring (bicyclic) bond motifs is 1. The summed E-state index contributed by atoms with van der Waals surface area (Å²) in [5.74, 6) is -0.603. The maximum atomic E-state index is 13.0. The molecule has 0 unspecified atom stereocenters. The summed E-state index contributed by atoms with van der Waals surface area (Å²) in [5.41, 5.74) is 1.90. The van der Waals surface area contributed by atoms with Crippen LogP contribution in [0.1, 0.15) is 11.1 Å². The van der Waals surface area contributed by atoms with Gasteiger partial charge < -0.3 is 19.9 Å². The Hall–Kier alpha value is -4.71. The molecule has 18 heteroatoms. The molecule has 1 amide bonds. The minimum atomic E-state index is -4.50. The Kier molecular flexibility index (Phi) is 11.5. The molecule has 0 aliphatic heterocycles. The van der Waals surface area contributed by atoms with E-state index in [-0.39, 0.29) is 28.0 Å². The molecular weight excluding hydrogens is 711 g/mol. The number of aryl methyl sites for hydroxylation is 1. The maximum absolute atomic E-state index is 13.0. The van der Waals surface area contributed by atoms with Crippen molar-refractivity contribution in [3.05, 3.63) is 101 Å². The number of anilines is 2. The zero-order valence-electron chi connectivity index (χ0n) is 25.8. The van der Waals surface area contributed by atoms with Gasteiger partial charge in [0.1, 0.15) is 29.1 Å². The number of alkyl halides is 3. The lowest BCUT2D eigenvalue weighted by Crippen LogP contribution is -2.32. The van der Waals surface area contributed by atoms with Gasteiger partial charge in [0, 0.05) is 31.2 Å². The molecule has 5 rings (SSSR count). The highest BCUT2D eigenvalue weighted by Crippen LogP contribution is 2.36. The van der Waals surface area contributed by atoms with Crippen molar-refractivity contribution in [3.8, 4) is 11.5 Å². The van der Waals surface area contributed by atoms with E-state index in [2.05, 4.69) is 20.6 Å². The van der Waals surface area contributed by atoms with E-state index in [1.54, 1.807) is 35.0 Å². The molecule has 0 atom stereocenters. The van der Waals surface area contributed by atoms with Crippen LogP contribution in [-0.4, -0.2) is 60.4 Å². The number of sulfone groups is 1. The van der Waals surface area contributed by atoms with Crippen LogP contribution < -0.4 is 15.4 Å². The Morgan fingerprint density at radius 3 is 2.35 bits per heavy atom. The van der Waals surface area contributed by atoms with Gasteiger partial charge in [-0.2, -0.15) is 21.6 Å². The zero-order chi connectivity index (χ0) is 36.0. The van der Waals surface area contributed by atoms with Crippen molar-refractivity contribution in [1.82, 2.24) is 19.9 Å². The second-order valence-electron chi connectivity index (χ2n) is 10.6. The van der Waals surface area contributed by atoms with E-state index in [0.717, 1.165) is 24.0 Å². The average Bonchev–Trinajstić information content (AvgIpc) is 3.41. The summed E-state index contributed by atoms with van der Waals surface area (Å²) in [7, 11) is -7.45. The van der Waals surface area contributed by atoms with Gasteiger partial charge in [-0.05, 0) is 61.5 Å². The molecule has 0 aliphatic carbocycles. The van der Waals surface area contributed by atoms with Crippen LogP contribution in [0, 0.1) is 6.92 Å². The van der Waals surface area contributed by atoms with Gasteiger partial charge in [-0.15, -0.1) is 0 Å². The summed E-state index contributed by atoms with van der Waals surface area (Å²) < 4.78 is 98.4. The third-order valence-corrected chi connectivity index (χ3v) is 8.47. The number of carbonyl (C=O) groups excluding carboxylic acids is 1. The number of halogens is 4. The Labute approximate surface area is 284 Å². The van der Waals surface area contributed by atoms with Crippen LogP contribution in [0.2, 0.25) is 5.02 Å². The van der Waals surface area contributed by atoms with Crippen LogP contribution in [0.15, 0.2) is 90.2 Å². The lowest BCUT2D eigenvalue weighted by molar-refractivity contribution is -0.137. The van der Waals surface area contributed by atoms with E-state index in [1.807, 2.05) is 6.92 Å². The summed E-state index contributed by atoms with van der Waals surface area (Å²) in [5, 5.41) is 5.85. The number of rotatable bonds is 10. The summed E-state index contributed by atoms with van der Waals surface area (Å²) in [4.78, 5) is 20.2. The number of hydrogen-bond acceptors (Lipinski definition) is 9. The molecule has 2 aromatic heterocycles. The number of hydrogen-bond donors (Lipinski definition) is 3. The summed E-state index contributed by atoms with van der Waals surface area (Å²) in [6.07, 6.45) is -0.390. The van der Waals surface area contributed by atoms with Gasteiger partial charge in [0.15, 0.2) is 15.7 Å². The molecule has 5 aromatic rings. The molecule has 0 saturated carbocycles. The number of amides is 1. The Morgan fingerprint density at radius 2 is 1.71 bits per heavy atom. The molecule has 3 aromatic carbocycles. The fraction of sp³-hybridized carbons (Fsp3) is 0.194. The fourth-order valence-corrected chi connectivity index (χ4v) is 5.56. The number of ether oxygens (including phenoxy) is 1. The lowest BCUT2D eigenvalue weighted by atomic mass is 10.2. The lowest BCUT2D eigenvalue weighted by Gasteiger charge is -2.13. The van der Waals surface area contributed by atoms with Crippen molar-refractivity contribution >= 4 is 60.0 Å². The standard InChI is InChI=1S/C24H21ClF3N5O4S.C7H8O3S/c1-38(35,36)13-21(34)29-8-10-33-9-7-19-22(33)23(31-14-30-19)32-16-5-6-20(18(25)12-16)37-17-4-2-3-15(11-17)24(26,27)28;1-6-2-4-7(5-3-6)11(8,9)10/h2-7,9,11-12,14H,8,10,13H2,1H3,(H,29,34)(H,30,31,32);2-5H,1H3,(H,8,9,10). The van der Waals surface area contributed by atoms with Gasteiger partial charge in [0.25, 0.3) is 10.1 Å². The number of aromatic nitrogens is 3. The van der Waals surface area contributed by atoms with Gasteiger partial charge in [0.05, 0.1) is 21.0 Å². The smallest absolute Gasteiger partial charge is 0.416 e. The summed E-state index contributed by atoms with van der Waals surface area (Å²) in [6.45, 7) is 2.35. The molecule has 0 spiro atoms. The van der Waals surface area contributed by atoms with E-state index in [9.17, 15) is 34.8 Å². The highest BCUT2D eigenvalue weighted by molar-refractivity contribution is 7.91. The molecule has 3 N–H and O–H groups in total. The van der Waals surface area contributed by atoms with Crippen LogP contribution >= 0.6 is 11.6 Å². The van der Waals surface area contributed by atoms with Crippen LogP contribution in [0.3, 0.4) is 0 Å². The zero-order valence-corrected chi connectivity index (χ0v) is 28.2. The predicted molar refractivity (Wildman–Crippen MR) is 177 cm³/mol.